The van der Waals surface area contributed by atoms with Crippen molar-refractivity contribution in [3.63, 3.8) is 0 Å². The molecule has 0 aromatic heterocycles. The molecule has 3 fully saturated rings. The van der Waals surface area contributed by atoms with Gasteiger partial charge in [-0.05, 0) is 93.6 Å². The van der Waals surface area contributed by atoms with Crippen molar-refractivity contribution < 1.29 is 9.53 Å². The standard InChI is InChI=1S/C21H29NO2/c1-14(23)17-5-6-21(24-2)19(13-17)16-7-9-22(10-8-16)20-12-15-3-4-18(20)11-15/h5-6,13,15-16,18,20H,3-4,7-12H2,1-2H3/t15-,18-,20-/m0/s1. The number of rotatable bonds is 4. The SMILES string of the molecule is COc1ccc(C(C)=O)cc1C1CCN([C@H]2C[C@H]3CC[C@H]2C3)CC1. The van der Waals surface area contributed by atoms with Crippen LogP contribution in [0.15, 0.2) is 18.2 Å². The van der Waals surface area contributed by atoms with Gasteiger partial charge in [0.1, 0.15) is 5.75 Å². The zero-order valence-corrected chi connectivity index (χ0v) is 15.0. The third-order valence-electron chi connectivity index (χ3n) is 6.78. The molecule has 2 saturated carbocycles. The first-order valence-electron chi connectivity index (χ1n) is 9.58. The van der Waals surface area contributed by atoms with E-state index in [1.54, 1.807) is 14.0 Å². The number of fused-ring (bicyclic) bond motifs is 2. The van der Waals surface area contributed by atoms with Crippen molar-refractivity contribution in [3.05, 3.63) is 29.3 Å². The molecule has 24 heavy (non-hydrogen) atoms. The number of hydrogen-bond donors (Lipinski definition) is 0. The molecule has 3 atom stereocenters. The van der Waals surface area contributed by atoms with E-state index in [9.17, 15) is 4.79 Å². The lowest BCUT2D eigenvalue weighted by molar-refractivity contribution is 0.101. The Morgan fingerprint density at radius 2 is 1.92 bits per heavy atom. The first-order chi connectivity index (χ1) is 11.7. The van der Waals surface area contributed by atoms with Crippen molar-refractivity contribution in [1.82, 2.24) is 4.90 Å². The van der Waals surface area contributed by atoms with Crippen molar-refractivity contribution >= 4 is 5.78 Å². The molecule has 1 aromatic carbocycles. The lowest BCUT2D eigenvalue weighted by Gasteiger charge is -2.40. The van der Waals surface area contributed by atoms with Crippen LogP contribution in [0.25, 0.3) is 0 Å². The van der Waals surface area contributed by atoms with E-state index in [0.717, 1.165) is 29.2 Å². The van der Waals surface area contributed by atoms with Crippen LogP contribution in [0, 0.1) is 11.8 Å². The molecule has 1 aliphatic heterocycles. The van der Waals surface area contributed by atoms with Gasteiger partial charge in [0.2, 0.25) is 0 Å². The minimum atomic E-state index is 0.137. The Kier molecular flexibility index (Phi) is 4.38. The average molecular weight is 327 g/mol. The van der Waals surface area contributed by atoms with Crippen LogP contribution in [0.4, 0.5) is 0 Å². The Balaban J connectivity index is 1.45. The van der Waals surface area contributed by atoms with Gasteiger partial charge < -0.3 is 9.64 Å². The Morgan fingerprint density at radius 1 is 1.12 bits per heavy atom. The number of nitrogens with zero attached hydrogens (tertiary/aromatic N) is 1. The minimum absolute atomic E-state index is 0.137. The molecule has 1 saturated heterocycles. The monoisotopic (exact) mass is 327 g/mol. The van der Waals surface area contributed by atoms with Crippen LogP contribution in [0.2, 0.25) is 0 Å². The average Bonchev–Trinajstić information content (AvgIpc) is 3.24. The second-order valence-electron chi connectivity index (χ2n) is 8.07. The fourth-order valence-electron chi connectivity index (χ4n) is 5.47. The molecular formula is C21H29NO2. The molecule has 0 unspecified atom stereocenters. The number of benzene rings is 1. The lowest BCUT2D eigenvalue weighted by atomic mass is 9.85. The van der Waals surface area contributed by atoms with Gasteiger partial charge in [0, 0.05) is 11.6 Å². The van der Waals surface area contributed by atoms with Gasteiger partial charge in [-0.1, -0.05) is 6.42 Å². The van der Waals surface area contributed by atoms with Crippen molar-refractivity contribution in [1.29, 1.82) is 0 Å². The van der Waals surface area contributed by atoms with Gasteiger partial charge in [0.15, 0.2) is 5.78 Å². The van der Waals surface area contributed by atoms with Crippen LogP contribution in [0.3, 0.4) is 0 Å². The molecule has 2 bridgehead atoms. The molecule has 0 N–H and O–H groups in total. The summed E-state index contributed by atoms with van der Waals surface area (Å²) in [6, 6.07) is 6.78. The summed E-state index contributed by atoms with van der Waals surface area (Å²) in [7, 11) is 1.73. The molecule has 4 rings (SSSR count). The number of carbonyl (C=O) groups excluding carboxylic acids is 1. The molecule has 130 valence electrons. The highest BCUT2D eigenvalue weighted by Crippen LogP contribution is 2.47. The summed E-state index contributed by atoms with van der Waals surface area (Å²) in [5.74, 6) is 3.60. The lowest BCUT2D eigenvalue weighted by Crippen LogP contribution is -2.43. The van der Waals surface area contributed by atoms with E-state index in [4.69, 9.17) is 4.74 Å². The highest BCUT2D eigenvalue weighted by atomic mass is 16.5. The maximum Gasteiger partial charge on any atom is 0.159 e. The number of Topliss-reactive ketones (excluding diaryl/α,β-unsaturated/α-hetero) is 1. The second-order valence-corrected chi connectivity index (χ2v) is 8.07. The number of piperidine rings is 1. The van der Waals surface area contributed by atoms with E-state index in [1.165, 1.54) is 57.2 Å². The topological polar surface area (TPSA) is 29.5 Å². The van der Waals surface area contributed by atoms with Crippen LogP contribution in [0.5, 0.6) is 5.75 Å². The molecule has 3 heteroatoms. The molecule has 1 aromatic rings. The Morgan fingerprint density at radius 3 is 2.50 bits per heavy atom. The number of likely N-dealkylation sites (tertiary alicyclic amines) is 1. The predicted molar refractivity (Wildman–Crippen MR) is 95.8 cm³/mol. The van der Waals surface area contributed by atoms with Crippen molar-refractivity contribution in [3.8, 4) is 5.75 Å². The number of carbonyl (C=O) groups is 1. The number of ketones is 1. The third-order valence-corrected chi connectivity index (χ3v) is 6.78. The summed E-state index contributed by atoms with van der Waals surface area (Å²) in [6.45, 7) is 4.04. The molecule has 3 aliphatic rings. The third kappa shape index (κ3) is 2.88. The Labute approximate surface area is 145 Å². The maximum atomic E-state index is 11.7. The van der Waals surface area contributed by atoms with E-state index in [-0.39, 0.29) is 5.78 Å². The quantitative estimate of drug-likeness (QED) is 0.774. The summed E-state index contributed by atoms with van der Waals surface area (Å²) in [5, 5.41) is 0. The fraction of sp³-hybridized carbons (Fsp3) is 0.667. The Bertz CT molecular complexity index is 618. The van der Waals surface area contributed by atoms with Gasteiger partial charge in [-0.2, -0.15) is 0 Å². The van der Waals surface area contributed by atoms with Gasteiger partial charge in [0.25, 0.3) is 0 Å². The summed E-state index contributed by atoms with van der Waals surface area (Å²) < 4.78 is 5.58. The van der Waals surface area contributed by atoms with Crippen LogP contribution >= 0.6 is 0 Å². The van der Waals surface area contributed by atoms with Crippen molar-refractivity contribution in [2.75, 3.05) is 20.2 Å². The predicted octanol–water partition coefficient (Wildman–Crippen LogP) is 4.27. The highest BCUT2D eigenvalue weighted by molar-refractivity contribution is 5.94. The number of ether oxygens (including phenoxy) is 1. The van der Waals surface area contributed by atoms with Crippen LogP contribution in [0.1, 0.15) is 67.3 Å². The van der Waals surface area contributed by atoms with Gasteiger partial charge in [-0.3, -0.25) is 4.79 Å². The van der Waals surface area contributed by atoms with E-state index >= 15 is 0 Å². The van der Waals surface area contributed by atoms with Gasteiger partial charge >= 0.3 is 0 Å². The smallest absolute Gasteiger partial charge is 0.159 e. The molecular weight excluding hydrogens is 298 g/mol. The van der Waals surface area contributed by atoms with Gasteiger partial charge in [-0.15, -0.1) is 0 Å². The van der Waals surface area contributed by atoms with Crippen LogP contribution in [-0.4, -0.2) is 36.9 Å². The van der Waals surface area contributed by atoms with Crippen molar-refractivity contribution in [2.45, 2.75) is 57.4 Å². The van der Waals surface area contributed by atoms with E-state index in [1.807, 2.05) is 12.1 Å². The molecule has 3 nitrogen and oxygen atoms in total. The van der Waals surface area contributed by atoms with Gasteiger partial charge in [0.05, 0.1) is 7.11 Å². The molecule has 0 radical (unpaired) electrons. The minimum Gasteiger partial charge on any atom is -0.496 e. The summed E-state index contributed by atoms with van der Waals surface area (Å²) in [5.41, 5.74) is 2.04. The molecule has 0 amide bonds. The first kappa shape index (κ1) is 16.1. The second kappa shape index (κ2) is 6.51. The maximum absolute atomic E-state index is 11.7. The molecule has 1 heterocycles. The van der Waals surface area contributed by atoms with E-state index in [2.05, 4.69) is 11.0 Å². The zero-order valence-electron chi connectivity index (χ0n) is 15.0. The van der Waals surface area contributed by atoms with E-state index in [0.29, 0.717) is 5.92 Å². The fourth-order valence-corrected chi connectivity index (χ4v) is 5.47. The molecule has 2 aliphatic carbocycles. The van der Waals surface area contributed by atoms with Crippen LogP contribution in [-0.2, 0) is 0 Å². The number of methoxy groups -OCH3 is 1. The van der Waals surface area contributed by atoms with E-state index < -0.39 is 0 Å². The normalized spacial score (nSPS) is 30.7. The number of hydrogen-bond acceptors (Lipinski definition) is 3. The largest absolute Gasteiger partial charge is 0.496 e. The Hall–Kier alpha value is -1.35. The molecule has 0 spiro atoms. The summed E-state index contributed by atoms with van der Waals surface area (Å²) >= 11 is 0. The summed E-state index contributed by atoms with van der Waals surface area (Å²) in [6.07, 6.45) is 8.24. The summed E-state index contributed by atoms with van der Waals surface area (Å²) in [4.78, 5) is 14.5. The highest BCUT2D eigenvalue weighted by Gasteiger charge is 2.43. The first-order valence-corrected chi connectivity index (χ1v) is 9.58. The van der Waals surface area contributed by atoms with Crippen LogP contribution < -0.4 is 4.74 Å². The van der Waals surface area contributed by atoms with Gasteiger partial charge in [-0.25, -0.2) is 0 Å². The van der Waals surface area contributed by atoms with Crippen molar-refractivity contribution in [2.24, 2.45) is 11.8 Å². The zero-order chi connectivity index (χ0) is 16.7.